The van der Waals surface area contributed by atoms with Gasteiger partial charge in [0.2, 0.25) is 5.91 Å². The highest BCUT2D eigenvalue weighted by atomic mass is 16.4. The van der Waals surface area contributed by atoms with E-state index in [0.717, 1.165) is 17.1 Å². The van der Waals surface area contributed by atoms with E-state index in [-0.39, 0.29) is 32.2 Å². The van der Waals surface area contributed by atoms with Crippen LogP contribution in [0.1, 0.15) is 39.0 Å². The van der Waals surface area contributed by atoms with Gasteiger partial charge in [-0.25, -0.2) is 4.79 Å². The van der Waals surface area contributed by atoms with E-state index in [4.69, 9.17) is 10.8 Å². The third-order valence-electron chi connectivity index (χ3n) is 4.61. The van der Waals surface area contributed by atoms with E-state index in [1.54, 1.807) is 6.92 Å². The summed E-state index contributed by atoms with van der Waals surface area (Å²) < 4.78 is 0. The average molecular weight is 411 g/mol. The summed E-state index contributed by atoms with van der Waals surface area (Å²) in [6.45, 7) is 1.37. The van der Waals surface area contributed by atoms with Crippen molar-refractivity contribution in [2.45, 2.75) is 51.1 Å². The van der Waals surface area contributed by atoms with Crippen molar-refractivity contribution in [2.24, 2.45) is 11.7 Å². The second-order valence-electron chi connectivity index (χ2n) is 6.57. The van der Waals surface area contributed by atoms with E-state index in [9.17, 15) is 33.9 Å². The van der Waals surface area contributed by atoms with E-state index >= 15 is 0 Å². The predicted molar refractivity (Wildman–Crippen MR) is 98.3 cm³/mol. The number of hydrogen-bond acceptors (Lipinski definition) is 7. The number of nitrogens with one attached hydrogen (secondary N) is 1. The molecule has 0 spiro atoms. The van der Waals surface area contributed by atoms with Gasteiger partial charge in [0.1, 0.15) is 12.1 Å². The lowest BCUT2D eigenvalue weighted by atomic mass is 9.97. The molecule has 1 aliphatic rings. The number of carbonyl (C=O) groups excluding carboxylic acids is 4. The number of carbonyl (C=O) groups is 6. The van der Waals surface area contributed by atoms with Crippen molar-refractivity contribution in [3.05, 3.63) is 12.2 Å². The first kappa shape index (κ1) is 24.0. The zero-order chi connectivity index (χ0) is 22.1. The molecule has 160 valence electrons. The van der Waals surface area contributed by atoms with Crippen LogP contribution in [0.15, 0.2) is 12.2 Å². The molecule has 0 aromatic heterocycles. The number of nitrogens with zero attached hydrogens (tertiary/aromatic N) is 1. The number of carboxylic acids is 2. The Morgan fingerprint density at radius 2 is 1.66 bits per heavy atom. The molecular formula is C18H25N3O8. The van der Waals surface area contributed by atoms with Gasteiger partial charge in [0.05, 0.1) is 0 Å². The Morgan fingerprint density at radius 1 is 1.07 bits per heavy atom. The molecule has 0 saturated heterocycles. The molecule has 0 unspecified atom stereocenters. The molecule has 0 aliphatic carbocycles. The monoisotopic (exact) mass is 411 g/mol. The molecule has 0 fully saturated rings. The van der Waals surface area contributed by atoms with Gasteiger partial charge in [-0.15, -0.1) is 0 Å². The van der Waals surface area contributed by atoms with Crippen molar-refractivity contribution >= 4 is 35.4 Å². The summed E-state index contributed by atoms with van der Waals surface area (Å²) in [6, 6.07) is -2.60. The van der Waals surface area contributed by atoms with Crippen LogP contribution in [0.3, 0.4) is 0 Å². The number of rotatable bonds is 13. The Morgan fingerprint density at radius 3 is 2.10 bits per heavy atom. The van der Waals surface area contributed by atoms with Gasteiger partial charge in [-0.05, 0) is 19.3 Å². The highest BCUT2D eigenvalue weighted by Gasteiger charge is 2.35. The van der Waals surface area contributed by atoms with E-state index in [0.29, 0.717) is 6.42 Å². The molecule has 0 saturated carbocycles. The van der Waals surface area contributed by atoms with Gasteiger partial charge < -0.3 is 21.3 Å². The molecule has 1 rings (SSSR count). The quantitative estimate of drug-likeness (QED) is 0.277. The van der Waals surface area contributed by atoms with Crippen molar-refractivity contribution < 1.29 is 39.0 Å². The molecule has 0 bridgehead atoms. The number of amides is 3. The van der Waals surface area contributed by atoms with Gasteiger partial charge in [-0.1, -0.05) is 6.92 Å². The average Bonchev–Trinajstić information content (AvgIpc) is 2.98. The smallest absolute Gasteiger partial charge is 0.326 e. The first-order valence-electron chi connectivity index (χ1n) is 9.15. The summed E-state index contributed by atoms with van der Waals surface area (Å²) in [5, 5.41) is 20.4. The summed E-state index contributed by atoms with van der Waals surface area (Å²) in [7, 11) is 0. The predicted octanol–water partition coefficient (Wildman–Crippen LogP) is -0.952. The molecule has 11 nitrogen and oxygen atoms in total. The lowest BCUT2D eigenvalue weighted by molar-refractivity contribution is -0.145. The highest BCUT2D eigenvalue weighted by Crippen LogP contribution is 2.15. The second-order valence-corrected chi connectivity index (χ2v) is 6.57. The molecule has 29 heavy (non-hydrogen) atoms. The van der Waals surface area contributed by atoms with Crippen LogP contribution in [-0.2, 0) is 28.8 Å². The first-order valence-corrected chi connectivity index (χ1v) is 9.15. The Balaban J connectivity index is 2.71. The largest absolute Gasteiger partial charge is 0.481 e. The molecule has 11 heteroatoms. The number of imide groups is 1. The number of nitrogens with two attached hydrogens (primary N) is 1. The van der Waals surface area contributed by atoms with Crippen LogP contribution in [0, 0.1) is 5.92 Å². The Labute approximate surface area is 166 Å². The lowest BCUT2D eigenvalue weighted by Crippen LogP contribution is -2.50. The van der Waals surface area contributed by atoms with Gasteiger partial charge in [0.15, 0.2) is 5.78 Å². The van der Waals surface area contributed by atoms with Gasteiger partial charge in [0, 0.05) is 37.5 Å². The summed E-state index contributed by atoms with van der Waals surface area (Å²) >= 11 is 0. The number of Topliss-reactive ketones (excluding diaryl/α,β-unsaturated/α-hetero) is 1. The van der Waals surface area contributed by atoms with Crippen LogP contribution >= 0.6 is 0 Å². The fourth-order valence-corrected chi connectivity index (χ4v) is 2.92. The van der Waals surface area contributed by atoms with E-state index in [1.165, 1.54) is 0 Å². The minimum absolute atomic E-state index is 0.0599. The SMILES string of the molecule is CC[C@@H](CCC(=O)O)C(=O)N[C@@H](CCC(=O)[C@H](CN)N1C(=O)C=CC1=O)C(=O)O. The molecule has 1 aliphatic heterocycles. The van der Waals surface area contributed by atoms with Crippen LogP contribution in [0.2, 0.25) is 0 Å². The van der Waals surface area contributed by atoms with Crippen LogP contribution in [0.4, 0.5) is 0 Å². The Bertz CT molecular complexity index is 700. The maximum absolute atomic E-state index is 12.4. The summed E-state index contributed by atoms with van der Waals surface area (Å²) in [5.74, 6) is -5.67. The third kappa shape index (κ3) is 6.79. The standard InChI is InChI=1S/C18H25N3O8/c1-2-10(3-8-16(25)26)17(27)20-11(18(28)29)4-5-13(22)12(9-19)21-14(23)6-7-15(21)24/h6-7,10-12H,2-5,8-9,19H2,1H3,(H,20,27)(H,25,26)(H,28,29)/t10-,11-,12-/m0/s1. The minimum Gasteiger partial charge on any atom is -0.481 e. The van der Waals surface area contributed by atoms with Crippen molar-refractivity contribution in [1.29, 1.82) is 0 Å². The number of aliphatic carboxylic acids is 2. The normalized spacial score (nSPS) is 16.4. The van der Waals surface area contributed by atoms with Crippen molar-refractivity contribution in [3.8, 4) is 0 Å². The topological polar surface area (TPSA) is 184 Å². The lowest BCUT2D eigenvalue weighted by Gasteiger charge is -2.24. The molecule has 1 heterocycles. The zero-order valence-electron chi connectivity index (χ0n) is 16.0. The molecular weight excluding hydrogens is 386 g/mol. The molecule has 5 N–H and O–H groups in total. The van der Waals surface area contributed by atoms with Gasteiger partial charge in [-0.3, -0.25) is 28.9 Å². The Hall–Kier alpha value is -3.08. The number of ketones is 1. The van der Waals surface area contributed by atoms with E-state index in [2.05, 4.69) is 5.32 Å². The highest BCUT2D eigenvalue weighted by molar-refractivity contribution is 6.15. The fourth-order valence-electron chi connectivity index (χ4n) is 2.92. The molecule has 0 aromatic carbocycles. The van der Waals surface area contributed by atoms with Crippen molar-refractivity contribution in [2.75, 3.05) is 6.54 Å². The summed E-state index contributed by atoms with van der Waals surface area (Å²) in [4.78, 5) is 70.9. The van der Waals surface area contributed by atoms with Crippen molar-refractivity contribution in [3.63, 3.8) is 0 Å². The molecule has 0 aromatic rings. The summed E-state index contributed by atoms with van der Waals surface area (Å²) in [6.07, 6.45) is 1.58. The molecule has 3 amide bonds. The van der Waals surface area contributed by atoms with Crippen LogP contribution in [0.5, 0.6) is 0 Å². The van der Waals surface area contributed by atoms with Crippen molar-refractivity contribution in [1.82, 2.24) is 10.2 Å². The maximum Gasteiger partial charge on any atom is 0.326 e. The maximum atomic E-state index is 12.4. The van der Waals surface area contributed by atoms with Gasteiger partial charge in [-0.2, -0.15) is 0 Å². The minimum atomic E-state index is -1.38. The van der Waals surface area contributed by atoms with Crippen LogP contribution in [-0.4, -0.2) is 69.2 Å². The number of hydrogen-bond donors (Lipinski definition) is 4. The Kier molecular flexibility index (Phi) is 9.13. The first-order chi connectivity index (χ1) is 13.6. The van der Waals surface area contributed by atoms with Crippen LogP contribution in [0.25, 0.3) is 0 Å². The van der Waals surface area contributed by atoms with Crippen LogP contribution < -0.4 is 11.1 Å². The molecule has 0 radical (unpaired) electrons. The van der Waals surface area contributed by atoms with E-state index in [1.807, 2.05) is 0 Å². The van der Waals surface area contributed by atoms with Gasteiger partial charge >= 0.3 is 11.9 Å². The zero-order valence-corrected chi connectivity index (χ0v) is 16.0. The van der Waals surface area contributed by atoms with Gasteiger partial charge in [0.25, 0.3) is 11.8 Å². The summed E-state index contributed by atoms with van der Waals surface area (Å²) in [5.41, 5.74) is 5.51. The third-order valence-corrected chi connectivity index (χ3v) is 4.61. The fraction of sp³-hybridized carbons (Fsp3) is 0.556. The number of carboxylic acid groups (broad SMARTS) is 2. The second kappa shape index (κ2) is 11.1. The molecule has 3 atom stereocenters. The van der Waals surface area contributed by atoms with E-state index < -0.39 is 53.4 Å².